The van der Waals surface area contributed by atoms with E-state index < -0.39 is 0 Å². The van der Waals surface area contributed by atoms with Crippen LogP contribution in [0.1, 0.15) is 30.9 Å². The van der Waals surface area contributed by atoms with Gasteiger partial charge in [-0.15, -0.1) is 24.0 Å². The number of aliphatic imine (C=N–C) groups is 1. The molecule has 2 rings (SSSR count). The Morgan fingerprint density at radius 2 is 2.00 bits per heavy atom. The van der Waals surface area contributed by atoms with E-state index in [4.69, 9.17) is 11.6 Å². The fourth-order valence-corrected chi connectivity index (χ4v) is 2.61. The summed E-state index contributed by atoms with van der Waals surface area (Å²) in [6, 6.07) is 11.6. The molecule has 152 valence electrons. The second-order valence-electron chi connectivity index (χ2n) is 6.09. The van der Waals surface area contributed by atoms with Crippen LogP contribution in [0.25, 0.3) is 0 Å². The number of carbonyl (C=O) groups is 1. The molecule has 3 N–H and O–H groups in total. The maximum Gasteiger partial charge on any atom is 0.224 e. The van der Waals surface area contributed by atoms with E-state index in [0.717, 1.165) is 42.2 Å². The molecule has 0 unspecified atom stereocenters. The van der Waals surface area contributed by atoms with Gasteiger partial charge in [0.15, 0.2) is 5.96 Å². The molecule has 0 atom stereocenters. The Balaban J connectivity index is 0.00000392. The molecule has 0 saturated carbocycles. The minimum absolute atomic E-state index is 0. The first kappa shape index (κ1) is 24.2. The molecule has 0 aliphatic rings. The molecule has 6 nitrogen and oxygen atoms in total. The van der Waals surface area contributed by atoms with Crippen molar-refractivity contribution in [2.24, 2.45) is 4.99 Å². The van der Waals surface area contributed by atoms with Crippen molar-refractivity contribution in [1.29, 1.82) is 0 Å². The van der Waals surface area contributed by atoms with Crippen molar-refractivity contribution >= 4 is 53.1 Å². The Kier molecular flexibility index (Phi) is 11.5. The van der Waals surface area contributed by atoms with E-state index in [9.17, 15) is 4.79 Å². The number of hydrogen-bond donors (Lipinski definition) is 3. The van der Waals surface area contributed by atoms with Crippen molar-refractivity contribution in [3.8, 4) is 0 Å². The fourth-order valence-electron chi connectivity index (χ4n) is 2.50. The average molecular weight is 516 g/mol. The highest BCUT2D eigenvalue weighted by Gasteiger charge is 2.03. The highest BCUT2D eigenvalue weighted by molar-refractivity contribution is 14.0. The smallest absolute Gasteiger partial charge is 0.224 e. The van der Waals surface area contributed by atoms with Gasteiger partial charge >= 0.3 is 0 Å². The number of halogens is 2. The van der Waals surface area contributed by atoms with Crippen LogP contribution in [0, 0.1) is 0 Å². The van der Waals surface area contributed by atoms with Gasteiger partial charge in [-0.05, 0) is 42.2 Å². The minimum atomic E-state index is 0. The highest BCUT2D eigenvalue weighted by Crippen LogP contribution is 2.11. The van der Waals surface area contributed by atoms with Gasteiger partial charge < -0.3 is 16.0 Å². The monoisotopic (exact) mass is 515 g/mol. The molecule has 0 fully saturated rings. The quantitative estimate of drug-likeness (QED) is 0.215. The van der Waals surface area contributed by atoms with E-state index in [0.29, 0.717) is 18.1 Å². The number of anilines is 1. The lowest BCUT2D eigenvalue weighted by Gasteiger charge is -2.13. The van der Waals surface area contributed by atoms with Crippen LogP contribution in [0.2, 0.25) is 5.15 Å². The molecular weight excluding hydrogens is 489 g/mol. The summed E-state index contributed by atoms with van der Waals surface area (Å²) >= 11 is 5.79. The second-order valence-corrected chi connectivity index (χ2v) is 6.48. The van der Waals surface area contributed by atoms with Crippen LogP contribution in [0.4, 0.5) is 5.69 Å². The molecule has 0 aliphatic carbocycles. The molecule has 28 heavy (non-hydrogen) atoms. The third kappa shape index (κ3) is 8.88. The van der Waals surface area contributed by atoms with Crippen LogP contribution in [-0.2, 0) is 17.8 Å². The maximum atomic E-state index is 11.7. The average Bonchev–Trinajstić information content (AvgIpc) is 2.66. The molecule has 0 aliphatic heterocycles. The number of amides is 1. The molecule has 1 aromatic heterocycles. The zero-order valence-electron chi connectivity index (χ0n) is 16.2. The first-order valence-electron chi connectivity index (χ1n) is 9.04. The standard InChI is InChI=1S/C20H26ClN5O.HI/c1-3-5-19(27)26-17-7-4-6-16(12-17)14-25-20(22-2)23-11-10-15-8-9-18(21)24-13-15;/h4,6-9,12-13H,3,5,10-11,14H2,1-2H3,(H,26,27)(H2,22,23,25);1H. The number of rotatable bonds is 8. The van der Waals surface area contributed by atoms with E-state index in [-0.39, 0.29) is 29.9 Å². The van der Waals surface area contributed by atoms with Gasteiger partial charge in [0.25, 0.3) is 0 Å². The van der Waals surface area contributed by atoms with Crippen LogP contribution in [0.15, 0.2) is 47.6 Å². The van der Waals surface area contributed by atoms with Crippen molar-refractivity contribution in [2.75, 3.05) is 18.9 Å². The third-order valence-corrected chi connectivity index (χ3v) is 4.09. The summed E-state index contributed by atoms with van der Waals surface area (Å²) in [5.74, 6) is 0.758. The Bertz CT molecular complexity index is 767. The van der Waals surface area contributed by atoms with Crippen LogP contribution in [-0.4, -0.2) is 30.4 Å². The molecule has 8 heteroatoms. The molecule has 1 heterocycles. The predicted octanol–water partition coefficient (Wildman–Crippen LogP) is 4.00. The van der Waals surface area contributed by atoms with Crippen LogP contribution < -0.4 is 16.0 Å². The lowest BCUT2D eigenvalue weighted by atomic mass is 10.2. The Labute approximate surface area is 188 Å². The third-order valence-electron chi connectivity index (χ3n) is 3.87. The summed E-state index contributed by atoms with van der Waals surface area (Å²) < 4.78 is 0. The van der Waals surface area contributed by atoms with Gasteiger partial charge in [-0.25, -0.2) is 4.98 Å². The normalized spacial score (nSPS) is 10.8. The Morgan fingerprint density at radius 1 is 1.18 bits per heavy atom. The van der Waals surface area contributed by atoms with Crippen LogP contribution >= 0.6 is 35.6 Å². The van der Waals surface area contributed by atoms with Crippen molar-refractivity contribution in [1.82, 2.24) is 15.6 Å². The minimum Gasteiger partial charge on any atom is -0.356 e. The number of guanidine groups is 1. The summed E-state index contributed by atoms with van der Waals surface area (Å²) in [6.07, 6.45) is 3.96. The molecular formula is C20H27ClIN5O. The Hall–Kier alpha value is -1.87. The predicted molar refractivity (Wildman–Crippen MR) is 127 cm³/mol. The number of hydrogen-bond acceptors (Lipinski definition) is 3. The fraction of sp³-hybridized carbons (Fsp3) is 0.350. The molecule has 0 radical (unpaired) electrons. The van der Waals surface area contributed by atoms with Gasteiger partial charge in [0.2, 0.25) is 5.91 Å². The van der Waals surface area contributed by atoms with Crippen molar-refractivity contribution in [2.45, 2.75) is 32.7 Å². The summed E-state index contributed by atoms with van der Waals surface area (Å²) in [5, 5.41) is 9.96. The summed E-state index contributed by atoms with van der Waals surface area (Å²) in [4.78, 5) is 20.0. The maximum absolute atomic E-state index is 11.7. The topological polar surface area (TPSA) is 78.4 Å². The number of aromatic nitrogens is 1. The van der Waals surface area contributed by atoms with E-state index in [2.05, 4.69) is 25.9 Å². The van der Waals surface area contributed by atoms with E-state index in [1.165, 1.54) is 0 Å². The first-order chi connectivity index (χ1) is 13.1. The first-order valence-corrected chi connectivity index (χ1v) is 9.42. The largest absolute Gasteiger partial charge is 0.356 e. The molecule has 2 aromatic rings. The lowest BCUT2D eigenvalue weighted by molar-refractivity contribution is -0.116. The summed E-state index contributed by atoms with van der Waals surface area (Å²) in [6.45, 7) is 3.33. The second kappa shape index (κ2) is 13.3. The van der Waals surface area contributed by atoms with Gasteiger partial charge in [0.1, 0.15) is 5.15 Å². The van der Waals surface area contributed by atoms with E-state index in [1.54, 1.807) is 19.3 Å². The van der Waals surface area contributed by atoms with Crippen LogP contribution in [0.5, 0.6) is 0 Å². The number of carbonyl (C=O) groups excluding carboxylic acids is 1. The molecule has 0 bridgehead atoms. The van der Waals surface area contributed by atoms with Crippen LogP contribution in [0.3, 0.4) is 0 Å². The van der Waals surface area contributed by atoms with Crippen molar-refractivity contribution in [3.63, 3.8) is 0 Å². The molecule has 0 saturated heterocycles. The number of nitrogens with one attached hydrogen (secondary N) is 3. The van der Waals surface area contributed by atoms with Gasteiger partial charge in [0.05, 0.1) is 0 Å². The van der Waals surface area contributed by atoms with Crippen molar-refractivity contribution in [3.05, 3.63) is 58.9 Å². The molecule has 1 aromatic carbocycles. The van der Waals surface area contributed by atoms with E-state index in [1.807, 2.05) is 37.3 Å². The van der Waals surface area contributed by atoms with Crippen molar-refractivity contribution < 1.29 is 4.79 Å². The van der Waals surface area contributed by atoms with Gasteiger partial charge in [-0.1, -0.05) is 36.7 Å². The van der Waals surface area contributed by atoms with Gasteiger partial charge in [-0.2, -0.15) is 0 Å². The summed E-state index contributed by atoms with van der Waals surface area (Å²) in [5.41, 5.74) is 2.98. The molecule has 1 amide bonds. The zero-order chi connectivity index (χ0) is 19.5. The number of nitrogens with zero attached hydrogens (tertiary/aromatic N) is 2. The number of pyridine rings is 1. The summed E-state index contributed by atoms with van der Waals surface area (Å²) in [7, 11) is 1.74. The molecule has 0 spiro atoms. The van der Waals surface area contributed by atoms with Gasteiger partial charge in [0, 0.05) is 38.4 Å². The van der Waals surface area contributed by atoms with E-state index >= 15 is 0 Å². The SMILES string of the molecule is CCCC(=O)Nc1cccc(CNC(=NC)NCCc2ccc(Cl)nc2)c1.I. The number of benzene rings is 1. The lowest BCUT2D eigenvalue weighted by Crippen LogP contribution is -2.37. The van der Waals surface area contributed by atoms with Gasteiger partial charge in [-0.3, -0.25) is 9.79 Å². The zero-order valence-corrected chi connectivity index (χ0v) is 19.3. The Morgan fingerprint density at radius 3 is 2.68 bits per heavy atom. The highest BCUT2D eigenvalue weighted by atomic mass is 127.